The second kappa shape index (κ2) is 10.5. The van der Waals surface area contributed by atoms with Crippen molar-refractivity contribution in [3.05, 3.63) is 59.7 Å². The summed E-state index contributed by atoms with van der Waals surface area (Å²) in [4.78, 5) is 37.7. The molecule has 0 radical (unpaired) electrons. The number of hydrogen-bond donors (Lipinski definition) is 3. The lowest BCUT2D eigenvalue weighted by molar-refractivity contribution is -0.150. The van der Waals surface area contributed by atoms with Crippen molar-refractivity contribution in [3.8, 4) is 11.1 Å². The zero-order valence-electron chi connectivity index (χ0n) is 20.4. The van der Waals surface area contributed by atoms with Crippen LogP contribution in [0.15, 0.2) is 48.5 Å². The van der Waals surface area contributed by atoms with Crippen LogP contribution in [-0.4, -0.2) is 41.3 Å². The number of nitrogens with one attached hydrogen (secondary N) is 2. The Hall–Kier alpha value is -3.35. The maximum Gasteiger partial charge on any atom is 0.407 e. The summed E-state index contributed by atoms with van der Waals surface area (Å²) in [5.74, 6) is -1.10. The Labute approximate surface area is 206 Å². The van der Waals surface area contributed by atoms with E-state index in [0.29, 0.717) is 25.2 Å². The molecule has 0 heterocycles. The predicted octanol–water partition coefficient (Wildman–Crippen LogP) is 4.84. The van der Waals surface area contributed by atoms with E-state index in [4.69, 9.17) is 4.74 Å². The van der Waals surface area contributed by atoms with Gasteiger partial charge in [-0.15, -0.1) is 0 Å². The van der Waals surface area contributed by atoms with Gasteiger partial charge in [0.1, 0.15) is 18.2 Å². The highest BCUT2D eigenvalue weighted by atomic mass is 16.5. The fourth-order valence-electron chi connectivity index (χ4n) is 5.43. The SMILES string of the molecule is CCC1CCC(NC(=O)[C@@H](CC)NC(=O)OCC2c3ccccc3-c3ccccc32)(C(=O)O)CC1. The van der Waals surface area contributed by atoms with Crippen LogP contribution in [0.5, 0.6) is 0 Å². The lowest BCUT2D eigenvalue weighted by Gasteiger charge is -2.38. The molecule has 186 valence electrons. The lowest BCUT2D eigenvalue weighted by Crippen LogP contribution is -2.60. The van der Waals surface area contributed by atoms with Gasteiger partial charge in [0, 0.05) is 5.92 Å². The van der Waals surface area contributed by atoms with Crippen molar-refractivity contribution in [2.45, 2.75) is 69.9 Å². The molecule has 0 spiro atoms. The van der Waals surface area contributed by atoms with Gasteiger partial charge in [-0.05, 0) is 60.3 Å². The van der Waals surface area contributed by atoms with Gasteiger partial charge in [0.15, 0.2) is 0 Å². The summed E-state index contributed by atoms with van der Waals surface area (Å²) in [7, 11) is 0. The van der Waals surface area contributed by atoms with Gasteiger partial charge < -0.3 is 20.5 Å². The summed E-state index contributed by atoms with van der Waals surface area (Å²) in [5.41, 5.74) is 3.22. The number of benzene rings is 2. The summed E-state index contributed by atoms with van der Waals surface area (Å²) < 4.78 is 5.57. The summed E-state index contributed by atoms with van der Waals surface area (Å²) in [6.45, 7) is 4.02. The standard InChI is InChI=1S/C28H34N2O5/c1-3-18-13-15-28(16-14-18,26(32)33)30-25(31)24(4-2)29-27(34)35-17-23-21-11-7-5-9-19(21)20-10-6-8-12-22(20)23/h5-12,18,23-24H,3-4,13-17H2,1-2H3,(H,29,34)(H,30,31)(H,32,33)/t18?,24-,28?/m1/s1. The largest absolute Gasteiger partial charge is 0.480 e. The number of fused-ring (bicyclic) bond motifs is 3. The third-order valence-corrected chi connectivity index (χ3v) is 7.67. The molecule has 1 saturated carbocycles. The normalized spacial score (nSPS) is 21.9. The first-order valence-corrected chi connectivity index (χ1v) is 12.6. The Kier molecular flexibility index (Phi) is 7.43. The Morgan fingerprint density at radius 1 is 1.00 bits per heavy atom. The number of aliphatic carboxylic acids is 1. The number of rotatable bonds is 8. The lowest BCUT2D eigenvalue weighted by atomic mass is 9.75. The smallest absolute Gasteiger partial charge is 0.407 e. The zero-order chi connectivity index (χ0) is 25.0. The van der Waals surface area contributed by atoms with Crippen LogP contribution in [-0.2, 0) is 14.3 Å². The highest BCUT2D eigenvalue weighted by Gasteiger charge is 2.44. The Bertz CT molecular complexity index is 1040. The molecule has 0 saturated heterocycles. The summed E-state index contributed by atoms with van der Waals surface area (Å²) in [6, 6.07) is 15.3. The van der Waals surface area contributed by atoms with Gasteiger partial charge in [-0.25, -0.2) is 9.59 Å². The Morgan fingerprint density at radius 3 is 2.09 bits per heavy atom. The monoisotopic (exact) mass is 478 g/mol. The van der Waals surface area contributed by atoms with Crippen LogP contribution in [0.4, 0.5) is 4.79 Å². The molecule has 3 N–H and O–H groups in total. The first-order chi connectivity index (χ1) is 16.9. The van der Waals surface area contributed by atoms with Crippen LogP contribution >= 0.6 is 0 Å². The van der Waals surface area contributed by atoms with Crippen LogP contribution < -0.4 is 10.6 Å². The molecule has 1 fully saturated rings. The van der Waals surface area contributed by atoms with Crippen LogP contribution in [0.25, 0.3) is 11.1 Å². The van der Waals surface area contributed by atoms with Crippen molar-refractivity contribution >= 4 is 18.0 Å². The van der Waals surface area contributed by atoms with Crippen molar-refractivity contribution < 1.29 is 24.2 Å². The number of carboxylic acid groups (broad SMARTS) is 1. The molecular weight excluding hydrogens is 444 g/mol. The average molecular weight is 479 g/mol. The molecule has 7 heteroatoms. The van der Waals surface area contributed by atoms with Gasteiger partial charge in [0.25, 0.3) is 0 Å². The minimum atomic E-state index is -1.28. The molecule has 0 aromatic heterocycles. The van der Waals surface area contributed by atoms with Gasteiger partial charge in [-0.2, -0.15) is 0 Å². The molecule has 1 atom stereocenters. The van der Waals surface area contributed by atoms with E-state index in [1.54, 1.807) is 6.92 Å². The molecule has 2 aromatic carbocycles. The molecule has 0 aliphatic heterocycles. The minimum absolute atomic E-state index is 0.0777. The molecule has 7 nitrogen and oxygen atoms in total. The molecule has 4 rings (SSSR count). The third-order valence-electron chi connectivity index (χ3n) is 7.67. The second-order valence-electron chi connectivity index (χ2n) is 9.66. The topological polar surface area (TPSA) is 105 Å². The van der Waals surface area contributed by atoms with E-state index in [1.165, 1.54) is 0 Å². The Morgan fingerprint density at radius 2 is 1.57 bits per heavy atom. The fourth-order valence-corrected chi connectivity index (χ4v) is 5.43. The van der Waals surface area contributed by atoms with E-state index in [0.717, 1.165) is 41.5 Å². The number of ether oxygens (including phenoxy) is 1. The summed E-state index contributed by atoms with van der Waals surface area (Å²) in [6.07, 6.45) is 2.96. The Balaban J connectivity index is 1.38. The second-order valence-corrected chi connectivity index (χ2v) is 9.66. The van der Waals surface area contributed by atoms with Crippen LogP contribution in [0.1, 0.15) is 69.4 Å². The van der Waals surface area contributed by atoms with Crippen molar-refractivity contribution in [2.24, 2.45) is 5.92 Å². The predicted molar refractivity (Wildman–Crippen MR) is 133 cm³/mol. The van der Waals surface area contributed by atoms with E-state index < -0.39 is 29.6 Å². The van der Waals surface area contributed by atoms with E-state index in [-0.39, 0.29) is 12.5 Å². The molecule has 2 aliphatic rings. The van der Waals surface area contributed by atoms with E-state index in [2.05, 4.69) is 29.7 Å². The van der Waals surface area contributed by atoms with Crippen LogP contribution in [0.3, 0.4) is 0 Å². The summed E-state index contributed by atoms with van der Waals surface area (Å²) >= 11 is 0. The number of hydrogen-bond acceptors (Lipinski definition) is 4. The number of carbonyl (C=O) groups is 3. The molecule has 2 aliphatic carbocycles. The minimum Gasteiger partial charge on any atom is -0.480 e. The number of carboxylic acids is 1. The first kappa shape index (κ1) is 24.8. The number of alkyl carbamates (subject to hydrolysis) is 1. The fraction of sp³-hybridized carbons (Fsp3) is 0.464. The first-order valence-electron chi connectivity index (χ1n) is 12.6. The quantitative estimate of drug-likeness (QED) is 0.503. The number of amides is 2. The molecule has 35 heavy (non-hydrogen) atoms. The highest BCUT2D eigenvalue weighted by Crippen LogP contribution is 2.44. The highest BCUT2D eigenvalue weighted by molar-refractivity contribution is 5.91. The molecule has 2 amide bonds. The van der Waals surface area contributed by atoms with Crippen LogP contribution in [0.2, 0.25) is 0 Å². The molecular formula is C28H34N2O5. The van der Waals surface area contributed by atoms with Crippen LogP contribution in [0, 0.1) is 5.92 Å². The van der Waals surface area contributed by atoms with E-state index in [9.17, 15) is 19.5 Å². The molecule has 0 bridgehead atoms. The van der Waals surface area contributed by atoms with Gasteiger partial charge >= 0.3 is 12.1 Å². The molecule has 0 unspecified atom stereocenters. The van der Waals surface area contributed by atoms with Crippen molar-refractivity contribution in [2.75, 3.05) is 6.61 Å². The third kappa shape index (κ3) is 5.04. The van der Waals surface area contributed by atoms with E-state index >= 15 is 0 Å². The van der Waals surface area contributed by atoms with E-state index in [1.807, 2.05) is 36.4 Å². The van der Waals surface area contributed by atoms with Crippen molar-refractivity contribution in [3.63, 3.8) is 0 Å². The van der Waals surface area contributed by atoms with Crippen molar-refractivity contribution in [1.29, 1.82) is 0 Å². The maximum absolute atomic E-state index is 13.0. The van der Waals surface area contributed by atoms with Gasteiger partial charge in [-0.1, -0.05) is 68.8 Å². The molecule has 2 aromatic rings. The number of carbonyl (C=O) groups excluding carboxylic acids is 2. The summed E-state index contributed by atoms with van der Waals surface area (Å²) in [5, 5.41) is 15.3. The van der Waals surface area contributed by atoms with Gasteiger partial charge in [0.2, 0.25) is 5.91 Å². The van der Waals surface area contributed by atoms with Crippen molar-refractivity contribution in [1.82, 2.24) is 10.6 Å². The zero-order valence-corrected chi connectivity index (χ0v) is 20.4. The maximum atomic E-state index is 13.0. The van der Waals surface area contributed by atoms with Gasteiger partial charge in [-0.3, -0.25) is 4.79 Å². The van der Waals surface area contributed by atoms with Gasteiger partial charge in [0.05, 0.1) is 0 Å². The average Bonchev–Trinajstić information content (AvgIpc) is 3.20.